The van der Waals surface area contributed by atoms with E-state index in [9.17, 15) is 13.2 Å². The van der Waals surface area contributed by atoms with Gasteiger partial charge in [-0.3, -0.25) is 0 Å². The van der Waals surface area contributed by atoms with Gasteiger partial charge >= 0.3 is 6.18 Å². The first-order valence-corrected chi connectivity index (χ1v) is 5.53. The highest BCUT2D eigenvalue weighted by Gasteiger charge is 2.33. The fourth-order valence-corrected chi connectivity index (χ4v) is 1.66. The van der Waals surface area contributed by atoms with Crippen molar-refractivity contribution in [2.75, 3.05) is 11.1 Å². The summed E-state index contributed by atoms with van der Waals surface area (Å²) < 4.78 is 38.5. The van der Waals surface area contributed by atoms with Crippen LogP contribution in [0.1, 0.15) is 11.1 Å². The summed E-state index contributed by atoms with van der Waals surface area (Å²) in [6.45, 7) is 1.80. The predicted molar refractivity (Wildman–Crippen MR) is 68.1 cm³/mol. The largest absolute Gasteiger partial charge is 0.418 e. The number of para-hydroxylation sites is 1. The third kappa shape index (κ3) is 2.96. The second-order valence-electron chi connectivity index (χ2n) is 4.12. The molecule has 0 unspecified atom stereocenters. The maximum atomic E-state index is 12.8. The molecule has 0 spiro atoms. The van der Waals surface area contributed by atoms with Crippen molar-refractivity contribution in [3.63, 3.8) is 0 Å². The number of hydrogen-bond donors (Lipinski definition) is 2. The monoisotopic (exact) mass is 267 g/mol. The number of anilines is 3. The summed E-state index contributed by atoms with van der Waals surface area (Å²) in [6, 6.07) is 6.84. The standard InChI is InChI=1S/C13H12F3N3/c1-8-6-10(17)12(18-7-8)19-11-5-3-2-4-9(11)13(14,15)16/h2-7H,17H2,1H3,(H,18,19). The van der Waals surface area contributed by atoms with E-state index in [0.29, 0.717) is 5.69 Å². The SMILES string of the molecule is Cc1cnc(Nc2ccccc2C(F)(F)F)c(N)c1. The number of nitrogen functional groups attached to an aromatic ring is 1. The molecular weight excluding hydrogens is 255 g/mol. The van der Waals surface area contributed by atoms with Crippen LogP contribution in [0.3, 0.4) is 0 Å². The van der Waals surface area contributed by atoms with Crippen molar-refractivity contribution >= 4 is 17.2 Å². The molecule has 1 aromatic carbocycles. The molecule has 0 bridgehead atoms. The van der Waals surface area contributed by atoms with Crippen molar-refractivity contribution in [2.45, 2.75) is 13.1 Å². The van der Waals surface area contributed by atoms with Gasteiger partial charge in [0.05, 0.1) is 16.9 Å². The van der Waals surface area contributed by atoms with Gasteiger partial charge in [0.2, 0.25) is 0 Å². The first kappa shape index (κ1) is 13.2. The molecule has 0 fully saturated rings. The number of hydrogen-bond acceptors (Lipinski definition) is 3. The lowest BCUT2D eigenvalue weighted by Gasteiger charge is -2.15. The summed E-state index contributed by atoms with van der Waals surface area (Å²) in [5.74, 6) is 0.210. The Labute approximate surface area is 108 Å². The van der Waals surface area contributed by atoms with Gasteiger partial charge in [-0.15, -0.1) is 0 Å². The molecule has 0 aliphatic carbocycles. The van der Waals surface area contributed by atoms with Crippen LogP contribution in [0.2, 0.25) is 0 Å². The number of aromatic nitrogens is 1. The average molecular weight is 267 g/mol. The van der Waals surface area contributed by atoms with Crippen LogP contribution in [-0.2, 0) is 6.18 Å². The summed E-state index contributed by atoms with van der Waals surface area (Å²) in [6.07, 6.45) is -2.89. The molecule has 2 rings (SSSR count). The summed E-state index contributed by atoms with van der Waals surface area (Å²) in [5.41, 5.74) is 6.04. The Morgan fingerprint density at radius 3 is 2.53 bits per heavy atom. The average Bonchev–Trinajstić information content (AvgIpc) is 2.32. The molecule has 100 valence electrons. The molecular formula is C13H12F3N3. The Hall–Kier alpha value is -2.24. The summed E-state index contributed by atoms with van der Waals surface area (Å²) in [7, 11) is 0. The maximum absolute atomic E-state index is 12.8. The van der Waals surface area contributed by atoms with Crippen LogP contribution in [0.15, 0.2) is 36.5 Å². The lowest BCUT2D eigenvalue weighted by Crippen LogP contribution is -2.09. The highest BCUT2D eigenvalue weighted by Crippen LogP contribution is 2.36. The first-order valence-electron chi connectivity index (χ1n) is 5.53. The Morgan fingerprint density at radius 1 is 1.21 bits per heavy atom. The molecule has 0 radical (unpaired) electrons. The number of benzene rings is 1. The number of pyridine rings is 1. The number of alkyl halides is 3. The lowest BCUT2D eigenvalue weighted by molar-refractivity contribution is -0.136. The second kappa shape index (κ2) is 4.79. The molecule has 0 saturated heterocycles. The van der Waals surface area contributed by atoms with Crippen LogP contribution in [0, 0.1) is 6.92 Å². The summed E-state index contributed by atoms with van der Waals surface area (Å²) in [5, 5.41) is 2.62. The van der Waals surface area contributed by atoms with Gasteiger partial charge in [-0.05, 0) is 30.7 Å². The number of halogens is 3. The van der Waals surface area contributed by atoms with Gasteiger partial charge in [-0.25, -0.2) is 4.98 Å². The van der Waals surface area contributed by atoms with Gasteiger partial charge in [0, 0.05) is 6.20 Å². The molecule has 0 aliphatic heterocycles. The minimum absolute atomic E-state index is 0.0712. The quantitative estimate of drug-likeness (QED) is 0.871. The maximum Gasteiger partial charge on any atom is 0.418 e. The van der Waals surface area contributed by atoms with Crippen LogP contribution in [0.5, 0.6) is 0 Å². The van der Waals surface area contributed by atoms with Crippen molar-refractivity contribution in [1.82, 2.24) is 4.98 Å². The van der Waals surface area contributed by atoms with Crippen molar-refractivity contribution in [2.24, 2.45) is 0 Å². The fraction of sp³-hybridized carbons (Fsp3) is 0.154. The molecule has 1 heterocycles. The van der Waals surface area contributed by atoms with Crippen LogP contribution in [0.4, 0.5) is 30.4 Å². The van der Waals surface area contributed by atoms with Gasteiger partial charge < -0.3 is 11.1 Å². The van der Waals surface area contributed by atoms with Crippen molar-refractivity contribution in [1.29, 1.82) is 0 Å². The molecule has 6 heteroatoms. The highest BCUT2D eigenvalue weighted by atomic mass is 19.4. The van der Waals surface area contributed by atoms with E-state index in [2.05, 4.69) is 10.3 Å². The van der Waals surface area contributed by atoms with E-state index in [1.165, 1.54) is 24.4 Å². The first-order chi connectivity index (χ1) is 8.88. The second-order valence-corrected chi connectivity index (χ2v) is 4.12. The molecule has 19 heavy (non-hydrogen) atoms. The molecule has 0 aliphatic rings. The van der Waals surface area contributed by atoms with Crippen LogP contribution < -0.4 is 11.1 Å². The van der Waals surface area contributed by atoms with Gasteiger partial charge in [-0.2, -0.15) is 13.2 Å². The van der Waals surface area contributed by atoms with E-state index in [1.807, 2.05) is 0 Å². The lowest BCUT2D eigenvalue weighted by atomic mass is 10.1. The molecule has 1 aromatic heterocycles. The van der Waals surface area contributed by atoms with Crippen molar-refractivity contribution in [3.8, 4) is 0 Å². The van der Waals surface area contributed by atoms with Gasteiger partial charge in [-0.1, -0.05) is 12.1 Å². The molecule has 3 N–H and O–H groups in total. The van der Waals surface area contributed by atoms with Crippen LogP contribution in [0.25, 0.3) is 0 Å². The minimum Gasteiger partial charge on any atom is -0.396 e. The summed E-state index contributed by atoms with van der Waals surface area (Å²) >= 11 is 0. The topological polar surface area (TPSA) is 50.9 Å². The fourth-order valence-electron chi connectivity index (χ4n) is 1.66. The smallest absolute Gasteiger partial charge is 0.396 e. The highest BCUT2D eigenvalue weighted by molar-refractivity contribution is 5.71. The molecule has 0 amide bonds. The molecule has 3 nitrogen and oxygen atoms in total. The number of aryl methyl sites for hydroxylation is 1. The number of rotatable bonds is 2. The van der Waals surface area contributed by atoms with Gasteiger partial charge in [0.15, 0.2) is 5.82 Å². The van der Waals surface area contributed by atoms with E-state index < -0.39 is 11.7 Å². The zero-order chi connectivity index (χ0) is 14.0. The molecule has 0 saturated carbocycles. The molecule has 0 atom stereocenters. The van der Waals surface area contributed by atoms with Crippen LogP contribution in [-0.4, -0.2) is 4.98 Å². The van der Waals surface area contributed by atoms with E-state index in [4.69, 9.17) is 5.73 Å². The Kier molecular flexibility index (Phi) is 3.33. The van der Waals surface area contributed by atoms with E-state index in [-0.39, 0.29) is 11.5 Å². The predicted octanol–water partition coefficient (Wildman–Crippen LogP) is 3.73. The number of nitrogens with zero attached hydrogens (tertiary/aromatic N) is 1. The van der Waals surface area contributed by atoms with E-state index in [1.54, 1.807) is 13.0 Å². The Bertz CT molecular complexity index is 594. The van der Waals surface area contributed by atoms with Crippen LogP contribution >= 0.6 is 0 Å². The third-order valence-corrected chi connectivity index (χ3v) is 2.54. The van der Waals surface area contributed by atoms with E-state index >= 15 is 0 Å². The zero-order valence-electron chi connectivity index (χ0n) is 10.1. The zero-order valence-corrected chi connectivity index (χ0v) is 10.1. The van der Waals surface area contributed by atoms with Gasteiger partial charge in [0.25, 0.3) is 0 Å². The Balaban J connectivity index is 2.39. The van der Waals surface area contributed by atoms with E-state index in [0.717, 1.165) is 11.6 Å². The van der Waals surface area contributed by atoms with Crippen molar-refractivity contribution < 1.29 is 13.2 Å². The normalized spacial score (nSPS) is 11.4. The number of nitrogens with two attached hydrogens (primary N) is 1. The third-order valence-electron chi connectivity index (χ3n) is 2.54. The minimum atomic E-state index is -4.43. The Morgan fingerprint density at radius 2 is 1.89 bits per heavy atom. The molecule has 2 aromatic rings. The summed E-state index contributed by atoms with van der Waals surface area (Å²) in [4.78, 5) is 3.99. The van der Waals surface area contributed by atoms with Crippen molar-refractivity contribution in [3.05, 3.63) is 47.7 Å². The van der Waals surface area contributed by atoms with Gasteiger partial charge in [0.1, 0.15) is 0 Å². The number of nitrogens with one attached hydrogen (secondary N) is 1.